The maximum Gasteiger partial charge on any atom is 0.162 e. The SMILES string of the molecule is CCC(CC)C(=O)/C=C(\O)C(CC)CC.[2H]c1cc2c3c(cc4cc(CC(C)(C)C)ccc42)Sc2c([c-]c4cc(C)ccc4c2CC(C)(C)C)-c3n1.[2H]c1cc2c3c(cc4cc(CC(C)(C)C)ccc42)Sc2c([c-]c4ccccc4c2CC(C)(C)C)-c3n1.[Ir]. The molecule has 0 bridgehead atoms. The van der Waals surface area contributed by atoms with Gasteiger partial charge in [-0.15, -0.1) is 58.6 Å². The number of hydrogen-bond donors (Lipinski definition) is 1. The zero-order valence-electron chi connectivity index (χ0n) is 56.6. The van der Waals surface area contributed by atoms with Gasteiger partial charge in [-0.3, -0.25) is 14.8 Å². The van der Waals surface area contributed by atoms with Crippen molar-refractivity contribution >= 4 is 93.9 Å². The Bertz CT molecular complexity index is 4400. The number of nitrogens with zero attached hydrogens (tertiary/aromatic N) is 2. The van der Waals surface area contributed by atoms with Crippen LogP contribution in [0, 0.1) is 52.6 Å². The second-order valence-electron chi connectivity index (χ2n) is 29.3. The Kier molecular flexibility index (Phi) is 18.7. The summed E-state index contributed by atoms with van der Waals surface area (Å²) in [7, 11) is 0. The van der Waals surface area contributed by atoms with Crippen LogP contribution in [0.4, 0.5) is 0 Å². The molecular weight excluding hydrogens is 1280 g/mol. The van der Waals surface area contributed by atoms with Gasteiger partial charge in [-0.2, -0.15) is 0 Å². The summed E-state index contributed by atoms with van der Waals surface area (Å²) in [6.07, 6.45) is 9.55. The van der Waals surface area contributed by atoms with Crippen molar-refractivity contribution in [2.75, 3.05) is 0 Å². The molecule has 2 aliphatic rings. The number of fused-ring (bicyclic) bond motifs is 10. The van der Waals surface area contributed by atoms with E-state index >= 15 is 0 Å². The largest absolute Gasteiger partial charge is 0.512 e. The molecule has 1 radical (unpaired) electrons. The van der Waals surface area contributed by atoms with Gasteiger partial charge in [0.25, 0.3) is 0 Å². The predicted molar refractivity (Wildman–Crippen MR) is 372 cm³/mol. The Morgan fingerprint density at radius 3 is 1.40 bits per heavy atom. The molecule has 0 saturated heterocycles. The number of aryl methyl sites for hydroxylation is 1. The standard InChI is InChI=1S/C34H34NS.C33H32NS.C13H24O2.Ir/c1-20-8-10-25-22(14-20)16-27-31-30-26(12-13-35-31)24-11-9-21(18-33(2,3)4)15-23(24)17-29(30)36-32(27)28(25)19-34(5,6)7;1-32(2,3)18-20-11-12-24-22(15-20)17-28-29-25(24)13-14-34-30(29)26-16-21-9-7-8-10-23(21)27(31(26)35-28)19-33(4,5)6;1-5-10(6-2)12(14)9-13(15)11(7-3)8-4;/h8-15,17H,18-19H2,1-7H3;7-15,17H,18-19H2,1-6H3;9-11,14H,5-8H2,1-4H3;/q2*-1;;/b;;12-9-;/i13D;14D;;. The molecule has 10 aromatic rings. The molecule has 0 fully saturated rings. The number of rotatable bonds is 11. The molecular formula is C80H90IrN2O2S2-2. The fraction of sp³-hybridized carbons (Fsp3) is 0.388. The van der Waals surface area contributed by atoms with E-state index in [1.165, 1.54) is 85.8 Å². The Hall–Kier alpha value is -5.82. The van der Waals surface area contributed by atoms with Gasteiger partial charge in [0.05, 0.1) is 8.50 Å². The van der Waals surface area contributed by atoms with E-state index in [4.69, 9.17) is 12.7 Å². The average Bonchev–Trinajstić information content (AvgIpc) is 0.733. The summed E-state index contributed by atoms with van der Waals surface area (Å²) in [6, 6.07) is 45.1. The Labute approximate surface area is 544 Å². The van der Waals surface area contributed by atoms with Gasteiger partial charge in [0.2, 0.25) is 0 Å². The van der Waals surface area contributed by atoms with Gasteiger partial charge in [-0.05, 0) is 168 Å². The van der Waals surface area contributed by atoms with Crippen molar-refractivity contribution < 1.29 is 32.7 Å². The quantitative estimate of drug-likeness (QED) is 0.0603. The number of aliphatic hydroxyl groups is 1. The van der Waals surface area contributed by atoms with Gasteiger partial charge in [0.1, 0.15) is 0 Å². The van der Waals surface area contributed by atoms with E-state index in [-0.39, 0.29) is 65.1 Å². The number of allylic oxidation sites excluding steroid dienone is 2. The van der Waals surface area contributed by atoms with Crippen LogP contribution in [0.25, 0.3) is 87.1 Å². The van der Waals surface area contributed by atoms with E-state index in [1.54, 1.807) is 0 Å². The molecule has 2 aromatic heterocycles. The molecule has 12 rings (SSSR count). The van der Waals surface area contributed by atoms with E-state index in [9.17, 15) is 9.90 Å². The van der Waals surface area contributed by atoms with E-state index in [1.807, 2.05) is 63.4 Å². The number of ketones is 1. The molecule has 0 amide bonds. The molecule has 0 saturated carbocycles. The van der Waals surface area contributed by atoms with Crippen LogP contribution in [0.3, 0.4) is 0 Å². The maximum atomic E-state index is 11.7. The van der Waals surface area contributed by atoms with Gasteiger partial charge in [-0.1, -0.05) is 216 Å². The van der Waals surface area contributed by atoms with Crippen LogP contribution < -0.4 is 0 Å². The monoisotopic (exact) mass is 1370 g/mol. The van der Waals surface area contributed by atoms with Gasteiger partial charge in [0, 0.05) is 71.5 Å². The number of benzene rings is 8. The van der Waals surface area contributed by atoms with Crippen molar-refractivity contribution in [1.82, 2.24) is 9.97 Å². The normalized spacial score (nSPS) is 13.5. The maximum absolute atomic E-state index is 11.7. The van der Waals surface area contributed by atoms with Crippen molar-refractivity contribution in [3.63, 3.8) is 0 Å². The minimum atomic E-state index is 0. The molecule has 455 valence electrons. The molecule has 87 heavy (non-hydrogen) atoms. The minimum absolute atomic E-state index is 0. The number of carbonyl (C=O) groups excluding carboxylic acids is 1. The zero-order chi connectivity index (χ0) is 63.5. The topological polar surface area (TPSA) is 63.1 Å². The summed E-state index contributed by atoms with van der Waals surface area (Å²) in [5.41, 5.74) is 11.4. The van der Waals surface area contributed by atoms with Crippen LogP contribution in [-0.4, -0.2) is 20.9 Å². The fourth-order valence-corrected chi connectivity index (χ4v) is 15.4. The first kappa shape index (κ1) is 62.8. The molecule has 0 unspecified atom stereocenters. The number of pyridine rings is 2. The predicted octanol–water partition coefficient (Wildman–Crippen LogP) is 23.5. The Balaban J connectivity index is 0.000000172. The minimum Gasteiger partial charge on any atom is -0.512 e. The number of carbonyl (C=O) groups is 1. The number of aliphatic hydroxyl groups excluding tert-OH is 1. The second kappa shape index (κ2) is 25.9. The van der Waals surface area contributed by atoms with Crippen molar-refractivity contribution in [2.24, 2.45) is 33.5 Å². The van der Waals surface area contributed by atoms with Crippen LogP contribution in [0.1, 0.15) is 167 Å². The van der Waals surface area contributed by atoms with Crippen LogP contribution in [-0.2, 0) is 50.6 Å². The summed E-state index contributed by atoms with van der Waals surface area (Å²) in [5.74, 6) is 0.547. The Morgan fingerprint density at radius 2 is 0.954 bits per heavy atom. The van der Waals surface area contributed by atoms with Gasteiger partial charge < -0.3 is 5.11 Å². The molecule has 7 heteroatoms. The first-order chi connectivity index (χ1) is 41.4. The Morgan fingerprint density at radius 1 is 0.529 bits per heavy atom. The van der Waals surface area contributed by atoms with E-state index in [0.29, 0.717) is 12.3 Å². The van der Waals surface area contributed by atoms with Crippen LogP contribution in [0.5, 0.6) is 0 Å². The third-order valence-corrected chi connectivity index (χ3v) is 19.2. The molecule has 4 nitrogen and oxygen atoms in total. The molecule has 8 aromatic carbocycles. The second-order valence-corrected chi connectivity index (χ2v) is 31.4. The first-order valence-electron chi connectivity index (χ1n) is 32.4. The number of aromatic nitrogens is 2. The third-order valence-electron chi connectivity index (χ3n) is 16.8. The average molecular weight is 1370 g/mol. The van der Waals surface area contributed by atoms with Gasteiger partial charge >= 0.3 is 0 Å². The summed E-state index contributed by atoms with van der Waals surface area (Å²) < 4.78 is 17.3. The zero-order valence-corrected chi connectivity index (χ0v) is 58.6. The smallest absolute Gasteiger partial charge is 0.162 e. The van der Waals surface area contributed by atoms with Crippen molar-refractivity contribution in [3.8, 4) is 22.5 Å². The summed E-state index contributed by atoms with van der Waals surface area (Å²) >= 11 is 3.73. The molecule has 0 aliphatic carbocycles. The van der Waals surface area contributed by atoms with Crippen molar-refractivity contribution in [3.05, 3.63) is 167 Å². The van der Waals surface area contributed by atoms with Crippen LogP contribution in [0.2, 0.25) is 0 Å². The van der Waals surface area contributed by atoms with Gasteiger partial charge in [-0.25, -0.2) is 0 Å². The molecule has 1 N–H and O–H groups in total. The molecule has 0 spiro atoms. The summed E-state index contributed by atoms with van der Waals surface area (Å²) in [4.78, 5) is 26.3. The van der Waals surface area contributed by atoms with E-state index in [0.717, 1.165) is 106 Å². The number of hydrogen-bond acceptors (Lipinski definition) is 6. The van der Waals surface area contributed by atoms with Crippen molar-refractivity contribution in [1.29, 1.82) is 0 Å². The van der Waals surface area contributed by atoms with Gasteiger partial charge in [0.15, 0.2) is 5.78 Å². The molecule has 2 aliphatic heterocycles. The first-order valence-corrected chi connectivity index (χ1v) is 33.1. The third kappa shape index (κ3) is 14.4. The molecule has 4 heterocycles. The van der Waals surface area contributed by atoms with E-state index in [2.05, 4.69) is 193 Å². The molecule has 0 atom stereocenters. The van der Waals surface area contributed by atoms with Crippen LogP contribution in [0.15, 0.2) is 147 Å². The fourth-order valence-electron chi connectivity index (χ4n) is 12.9. The van der Waals surface area contributed by atoms with Crippen molar-refractivity contribution in [2.45, 2.75) is 189 Å². The van der Waals surface area contributed by atoms with Crippen LogP contribution >= 0.6 is 23.5 Å². The van der Waals surface area contributed by atoms with E-state index < -0.39 is 0 Å². The summed E-state index contributed by atoms with van der Waals surface area (Å²) in [6.45, 7) is 37.8. The summed E-state index contributed by atoms with van der Waals surface area (Å²) in [5, 5.41) is 24.0.